The van der Waals surface area contributed by atoms with Gasteiger partial charge in [-0.1, -0.05) is 23.7 Å². The summed E-state index contributed by atoms with van der Waals surface area (Å²) in [6.45, 7) is 2.21. The first kappa shape index (κ1) is 22.0. The Morgan fingerprint density at radius 1 is 1.26 bits per heavy atom. The summed E-state index contributed by atoms with van der Waals surface area (Å²) in [5, 5.41) is 0.676. The van der Waals surface area contributed by atoms with Crippen LogP contribution in [0.1, 0.15) is 44.1 Å². The van der Waals surface area contributed by atoms with E-state index in [1.54, 1.807) is 6.20 Å². The third-order valence-corrected chi connectivity index (χ3v) is 7.26. The summed E-state index contributed by atoms with van der Waals surface area (Å²) < 4.78 is 2.11. The summed E-state index contributed by atoms with van der Waals surface area (Å²) in [4.78, 5) is 31.4. The minimum Gasteiger partial charge on any atom is -0.341 e. The second kappa shape index (κ2) is 9.53. The SMILES string of the molecule is NC(Cc1ccc(Cl)cc1)C(=O)N1CCC(CC2CCCC2=O)(Cn2ccnc2)CC1. The summed E-state index contributed by atoms with van der Waals surface area (Å²) >= 11 is 5.95. The predicted molar refractivity (Wildman–Crippen MR) is 121 cm³/mol. The number of nitrogens with two attached hydrogens (primary N) is 1. The van der Waals surface area contributed by atoms with Crippen molar-refractivity contribution in [3.63, 3.8) is 0 Å². The Morgan fingerprint density at radius 3 is 2.61 bits per heavy atom. The van der Waals surface area contributed by atoms with Crippen molar-refractivity contribution >= 4 is 23.3 Å². The molecule has 2 unspecified atom stereocenters. The van der Waals surface area contributed by atoms with Crippen LogP contribution < -0.4 is 5.73 Å². The fraction of sp³-hybridized carbons (Fsp3) is 0.542. The first-order valence-corrected chi connectivity index (χ1v) is 11.6. The van der Waals surface area contributed by atoms with Gasteiger partial charge in [-0.2, -0.15) is 0 Å². The lowest BCUT2D eigenvalue weighted by Crippen LogP contribution is -2.51. The number of ketones is 1. The van der Waals surface area contributed by atoms with E-state index in [4.69, 9.17) is 17.3 Å². The molecular formula is C24H31ClN4O2. The van der Waals surface area contributed by atoms with Crippen LogP contribution in [0.3, 0.4) is 0 Å². The maximum absolute atomic E-state index is 13.0. The highest BCUT2D eigenvalue weighted by Gasteiger charge is 2.41. The number of aromatic nitrogens is 2. The van der Waals surface area contributed by atoms with Crippen molar-refractivity contribution < 1.29 is 9.59 Å². The van der Waals surface area contributed by atoms with E-state index in [9.17, 15) is 9.59 Å². The molecule has 0 radical (unpaired) electrons. The van der Waals surface area contributed by atoms with E-state index in [-0.39, 0.29) is 17.2 Å². The first-order chi connectivity index (χ1) is 14.9. The number of benzene rings is 1. The lowest BCUT2D eigenvalue weighted by atomic mass is 9.71. The molecule has 2 N–H and O–H groups in total. The zero-order chi connectivity index (χ0) is 21.8. The molecule has 1 aromatic heterocycles. The normalized spacial score (nSPS) is 21.9. The number of nitrogens with zero attached hydrogens (tertiary/aromatic N) is 3. The molecule has 31 heavy (non-hydrogen) atoms. The molecule has 2 fully saturated rings. The molecule has 1 aromatic carbocycles. The molecule has 1 aliphatic carbocycles. The van der Waals surface area contributed by atoms with Crippen molar-refractivity contribution in [2.24, 2.45) is 17.1 Å². The summed E-state index contributed by atoms with van der Waals surface area (Å²) in [7, 11) is 0. The molecule has 7 heteroatoms. The number of imidazole rings is 1. The highest BCUT2D eigenvalue weighted by atomic mass is 35.5. The van der Waals surface area contributed by atoms with Crippen LogP contribution in [0.4, 0.5) is 0 Å². The van der Waals surface area contributed by atoms with E-state index in [2.05, 4.69) is 9.55 Å². The number of rotatable bonds is 7. The fourth-order valence-corrected chi connectivity index (χ4v) is 5.34. The van der Waals surface area contributed by atoms with Crippen LogP contribution in [0.15, 0.2) is 43.0 Å². The van der Waals surface area contributed by atoms with Crippen molar-refractivity contribution in [1.29, 1.82) is 0 Å². The van der Waals surface area contributed by atoms with Gasteiger partial charge in [0.15, 0.2) is 0 Å². The van der Waals surface area contributed by atoms with Crippen LogP contribution in [-0.4, -0.2) is 45.3 Å². The van der Waals surface area contributed by atoms with Gasteiger partial charge in [0.05, 0.1) is 12.4 Å². The topological polar surface area (TPSA) is 81.2 Å². The number of piperidine rings is 1. The number of amides is 1. The van der Waals surface area contributed by atoms with Gasteiger partial charge in [-0.15, -0.1) is 0 Å². The second-order valence-electron chi connectivity index (χ2n) is 9.26. The molecule has 0 bridgehead atoms. The molecule has 2 aliphatic rings. The Labute approximate surface area is 188 Å². The zero-order valence-electron chi connectivity index (χ0n) is 17.9. The molecule has 4 rings (SSSR count). The van der Waals surface area contributed by atoms with Crippen molar-refractivity contribution in [1.82, 2.24) is 14.5 Å². The average molecular weight is 443 g/mol. The van der Waals surface area contributed by atoms with Crippen molar-refractivity contribution in [3.05, 3.63) is 53.6 Å². The van der Waals surface area contributed by atoms with Gasteiger partial charge in [0, 0.05) is 49.4 Å². The molecule has 0 spiro atoms. The molecule has 1 saturated heterocycles. The van der Waals surface area contributed by atoms with Gasteiger partial charge >= 0.3 is 0 Å². The van der Waals surface area contributed by atoms with E-state index in [1.165, 1.54) is 0 Å². The van der Waals surface area contributed by atoms with E-state index >= 15 is 0 Å². The van der Waals surface area contributed by atoms with E-state index in [1.807, 2.05) is 41.7 Å². The maximum Gasteiger partial charge on any atom is 0.239 e. The lowest BCUT2D eigenvalue weighted by Gasteiger charge is -2.44. The average Bonchev–Trinajstić information content (AvgIpc) is 3.41. The fourth-order valence-electron chi connectivity index (χ4n) is 5.22. The Kier molecular flexibility index (Phi) is 6.77. The highest BCUT2D eigenvalue weighted by molar-refractivity contribution is 6.30. The largest absolute Gasteiger partial charge is 0.341 e. The van der Waals surface area contributed by atoms with Crippen LogP contribution in [0.25, 0.3) is 0 Å². The number of Topliss-reactive ketones (excluding diaryl/α,β-unsaturated/α-hetero) is 1. The van der Waals surface area contributed by atoms with Gasteiger partial charge in [0.2, 0.25) is 5.91 Å². The molecule has 1 saturated carbocycles. The van der Waals surface area contributed by atoms with Crippen LogP contribution in [0.2, 0.25) is 5.02 Å². The minimum atomic E-state index is -0.557. The van der Waals surface area contributed by atoms with Crippen LogP contribution in [0.5, 0.6) is 0 Å². The lowest BCUT2D eigenvalue weighted by molar-refractivity contribution is -0.135. The Balaban J connectivity index is 1.39. The van der Waals surface area contributed by atoms with Gasteiger partial charge in [-0.3, -0.25) is 9.59 Å². The molecule has 1 amide bonds. The summed E-state index contributed by atoms with van der Waals surface area (Å²) in [6.07, 6.45) is 11.5. The third-order valence-electron chi connectivity index (χ3n) is 7.01. The number of hydrogen-bond donors (Lipinski definition) is 1. The van der Waals surface area contributed by atoms with Gasteiger partial charge in [0.25, 0.3) is 0 Å². The second-order valence-corrected chi connectivity index (χ2v) is 9.69. The summed E-state index contributed by atoms with van der Waals surface area (Å²) in [5.74, 6) is 0.578. The number of likely N-dealkylation sites (tertiary alicyclic amines) is 1. The molecule has 6 nitrogen and oxygen atoms in total. The molecule has 2 atom stereocenters. The molecule has 166 valence electrons. The molecular weight excluding hydrogens is 412 g/mol. The predicted octanol–water partition coefficient (Wildman–Crippen LogP) is 3.47. The molecule has 2 aromatic rings. The van der Waals surface area contributed by atoms with E-state index < -0.39 is 6.04 Å². The molecule has 1 aliphatic heterocycles. The monoisotopic (exact) mass is 442 g/mol. The Morgan fingerprint density at radius 2 is 2.00 bits per heavy atom. The van der Waals surface area contributed by atoms with Crippen LogP contribution in [0, 0.1) is 11.3 Å². The Hall–Kier alpha value is -2.18. The highest BCUT2D eigenvalue weighted by Crippen LogP contribution is 2.42. The van der Waals surface area contributed by atoms with E-state index in [0.29, 0.717) is 30.3 Å². The third kappa shape index (κ3) is 5.36. The maximum atomic E-state index is 13.0. The van der Waals surface area contributed by atoms with Gasteiger partial charge in [-0.05, 0) is 61.6 Å². The zero-order valence-corrected chi connectivity index (χ0v) is 18.6. The quantitative estimate of drug-likeness (QED) is 0.711. The standard InChI is InChI=1S/C24H31ClN4O2/c25-20-6-4-18(5-7-20)14-21(26)23(31)29-11-8-24(9-12-29,16-28-13-10-27-17-28)15-19-2-1-3-22(19)30/h4-7,10,13,17,19,21H,1-3,8-9,11-12,14-16,26H2. The first-order valence-electron chi connectivity index (χ1n) is 11.2. The number of carbonyl (C=O) groups excluding carboxylic acids is 2. The smallest absolute Gasteiger partial charge is 0.239 e. The van der Waals surface area contributed by atoms with Crippen molar-refractivity contribution in [2.75, 3.05) is 13.1 Å². The van der Waals surface area contributed by atoms with Crippen LogP contribution in [-0.2, 0) is 22.6 Å². The van der Waals surface area contributed by atoms with Gasteiger partial charge < -0.3 is 15.2 Å². The summed E-state index contributed by atoms with van der Waals surface area (Å²) in [6, 6.07) is 6.92. The number of halogens is 1. The molecule has 2 heterocycles. The summed E-state index contributed by atoms with van der Waals surface area (Å²) in [5.41, 5.74) is 7.29. The minimum absolute atomic E-state index is 0.00289. The van der Waals surface area contributed by atoms with Crippen molar-refractivity contribution in [3.8, 4) is 0 Å². The Bertz CT molecular complexity index is 889. The number of carbonyl (C=O) groups is 2. The number of hydrogen-bond acceptors (Lipinski definition) is 4. The van der Waals surface area contributed by atoms with Crippen LogP contribution >= 0.6 is 11.6 Å². The van der Waals surface area contributed by atoms with Gasteiger partial charge in [-0.25, -0.2) is 4.98 Å². The van der Waals surface area contributed by atoms with Gasteiger partial charge in [0.1, 0.15) is 5.78 Å². The van der Waals surface area contributed by atoms with E-state index in [0.717, 1.165) is 50.6 Å². The van der Waals surface area contributed by atoms with Crippen molar-refractivity contribution in [2.45, 2.75) is 57.5 Å².